The first-order valence-electron chi connectivity index (χ1n) is 7.08. The molecule has 1 aliphatic heterocycles. The van der Waals surface area contributed by atoms with Crippen molar-refractivity contribution in [1.29, 1.82) is 0 Å². The van der Waals surface area contributed by atoms with Crippen molar-refractivity contribution in [1.82, 2.24) is 10.2 Å². The van der Waals surface area contributed by atoms with Gasteiger partial charge < -0.3 is 10.6 Å². The van der Waals surface area contributed by atoms with Crippen LogP contribution in [0, 0.1) is 0 Å². The van der Waals surface area contributed by atoms with Crippen molar-refractivity contribution >= 4 is 17.6 Å². The summed E-state index contributed by atoms with van der Waals surface area (Å²) in [4.78, 5) is 25.1. The third-order valence-corrected chi connectivity index (χ3v) is 3.82. The molecule has 2 unspecified atom stereocenters. The number of hydrogen-bond donors (Lipinski definition) is 2. The molecule has 0 bridgehead atoms. The summed E-state index contributed by atoms with van der Waals surface area (Å²) in [5.74, 6) is -1.32. The zero-order chi connectivity index (χ0) is 15.4. The van der Waals surface area contributed by atoms with Gasteiger partial charge in [0.05, 0.1) is 11.6 Å². The molecule has 0 aromatic heterocycles. The number of hydrogen-bond acceptors (Lipinski definition) is 4. The number of piperazine rings is 1. The first-order chi connectivity index (χ1) is 9.99. The Kier molecular flexibility index (Phi) is 4.93. The number of benzene rings is 1. The molecule has 1 fully saturated rings. The Hall–Kier alpha value is -1.92. The van der Waals surface area contributed by atoms with Gasteiger partial charge >= 0.3 is 5.97 Å². The second kappa shape index (κ2) is 6.69. The number of carbonyl (C=O) groups is 2. The standard InChI is InChI=1S/C15H20N3O3/c1-10-9-16-7-8-18(10)11(2)14(19)17-13-5-3-12(4-6-13)15(20)21/h3-6,10-11,16H,7-9H2,1-2H3,(H,17,19). The molecule has 0 spiro atoms. The zero-order valence-corrected chi connectivity index (χ0v) is 12.3. The van der Waals surface area contributed by atoms with E-state index in [9.17, 15) is 14.7 Å². The van der Waals surface area contributed by atoms with E-state index in [1.165, 1.54) is 12.1 Å². The average molecular weight is 290 g/mol. The molecule has 1 amide bonds. The van der Waals surface area contributed by atoms with E-state index in [-0.39, 0.29) is 17.5 Å². The van der Waals surface area contributed by atoms with Gasteiger partial charge in [0.15, 0.2) is 0 Å². The lowest BCUT2D eigenvalue weighted by atomic mass is 10.1. The molecule has 1 radical (unpaired) electrons. The van der Waals surface area contributed by atoms with Crippen LogP contribution >= 0.6 is 0 Å². The van der Waals surface area contributed by atoms with Crippen molar-refractivity contribution in [3.8, 4) is 0 Å². The fraction of sp³-hybridized carbons (Fsp3) is 0.467. The lowest BCUT2D eigenvalue weighted by Crippen LogP contribution is -2.56. The van der Waals surface area contributed by atoms with Gasteiger partial charge in [0, 0.05) is 31.4 Å². The molecule has 1 aromatic carbocycles. The zero-order valence-electron chi connectivity index (χ0n) is 12.3. The average Bonchev–Trinajstić information content (AvgIpc) is 2.47. The first kappa shape index (κ1) is 15.5. The minimum absolute atomic E-state index is 0.0926. The molecular formula is C15H20N3O3. The van der Waals surface area contributed by atoms with Crippen molar-refractivity contribution in [3.05, 3.63) is 29.8 Å². The summed E-state index contributed by atoms with van der Waals surface area (Å²) in [6, 6.07) is 6.04. The third-order valence-electron chi connectivity index (χ3n) is 3.82. The number of rotatable bonds is 4. The highest BCUT2D eigenvalue weighted by molar-refractivity contribution is 5.95. The Bertz CT molecular complexity index is 515. The minimum Gasteiger partial charge on any atom is -0.325 e. The predicted octanol–water partition coefficient (Wildman–Crippen LogP) is 0.878. The van der Waals surface area contributed by atoms with Gasteiger partial charge in [-0.05, 0) is 38.1 Å². The van der Waals surface area contributed by atoms with Crippen LogP contribution in [0.2, 0.25) is 0 Å². The lowest BCUT2D eigenvalue weighted by molar-refractivity contribution is -0.121. The Morgan fingerprint density at radius 1 is 1.33 bits per heavy atom. The molecule has 1 heterocycles. The molecule has 1 aliphatic rings. The van der Waals surface area contributed by atoms with Crippen molar-refractivity contribution in [2.45, 2.75) is 25.9 Å². The van der Waals surface area contributed by atoms with E-state index in [1.807, 2.05) is 6.92 Å². The van der Waals surface area contributed by atoms with Gasteiger partial charge in [0.25, 0.3) is 0 Å². The molecule has 2 rings (SSSR count). The predicted molar refractivity (Wildman–Crippen MR) is 78.6 cm³/mol. The molecule has 113 valence electrons. The normalized spacial score (nSPS) is 20.8. The van der Waals surface area contributed by atoms with Gasteiger partial charge in [0.2, 0.25) is 5.91 Å². The highest BCUT2D eigenvalue weighted by atomic mass is 16.4. The van der Waals surface area contributed by atoms with Crippen LogP contribution in [0.3, 0.4) is 0 Å². The maximum absolute atomic E-state index is 12.3. The summed E-state index contributed by atoms with van der Waals surface area (Å²) in [6.45, 7) is 6.55. The second-order valence-electron chi connectivity index (χ2n) is 5.32. The second-order valence-corrected chi connectivity index (χ2v) is 5.32. The summed E-state index contributed by atoms with van der Waals surface area (Å²) in [5, 5.41) is 16.8. The molecule has 2 atom stereocenters. The lowest BCUT2D eigenvalue weighted by Gasteiger charge is -2.37. The molecule has 0 saturated carbocycles. The topological polar surface area (TPSA) is 81.3 Å². The van der Waals surface area contributed by atoms with Crippen molar-refractivity contribution < 1.29 is 14.7 Å². The van der Waals surface area contributed by atoms with Crippen LogP contribution in [0.5, 0.6) is 0 Å². The van der Waals surface area contributed by atoms with Crippen molar-refractivity contribution in [3.63, 3.8) is 0 Å². The van der Waals surface area contributed by atoms with Crippen LogP contribution in [0.25, 0.3) is 0 Å². The van der Waals surface area contributed by atoms with Crippen molar-refractivity contribution in [2.24, 2.45) is 0 Å². The molecule has 6 heteroatoms. The molecule has 0 aliphatic carbocycles. The van der Waals surface area contributed by atoms with Crippen LogP contribution in [0.1, 0.15) is 24.2 Å². The van der Waals surface area contributed by atoms with Crippen LogP contribution in [-0.4, -0.2) is 48.5 Å². The Morgan fingerprint density at radius 3 is 2.57 bits per heavy atom. The monoisotopic (exact) mass is 290 g/mol. The van der Waals surface area contributed by atoms with E-state index in [4.69, 9.17) is 0 Å². The number of carbonyl (C=O) groups excluding carboxylic acids is 2. The number of amides is 1. The van der Waals surface area contributed by atoms with Gasteiger partial charge in [-0.1, -0.05) is 0 Å². The van der Waals surface area contributed by atoms with Gasteiger partial charge in [0.1, 0.15) is 0 Å². The fourth-order valence-electron chi connectivity index (χ4n) is 2.52. The van der Waals surface area contributed by atoms with Crippen LogP contribution < -0.4 is 10.6 Å². The summed E-state index contributed by atoms with van der Waals surface area (Å²) in [5.41, 5.74) is 0.677. The summed E-state index contributed by atoms with van der Waals surface area (Å²) in [6.07, 6.45) is 0. The Morgan fingerprint density at radius 2 is 2.00 bits per heavy atom. The SMILES string of the molecule is CC1CNCCN1C(C)C(=O)Nc1ccc(C([O])=O)cc1. The summed E-state index contributed by atoms with van der Waals surface area (Å²) >= 11 is 0. The first-order valence-corrected chi connectivity index (χ1v) is 7.08. The minimum atomic E-state index is -1.23. The molecule has 2 N–H and O–H groups in total. The molecular weight excluding hydrogens is 270 g/mol. The Labute approximate surface area is 124 Å². The fourth-order valence-corrected chi connectivity index (χ4v) is 2.52. The van der Waals surface area contributed by atoms with Gasteiger partial charge in [-0.25, -0.2) is 9.90 Å². The van der Waals surface area contributed by atoms with Gasteiger partial charge in [-0.15, -0.1) is 0 Å². The van der Waals surface area contributed by atoms with Gasteiger partial charge in [-0.3, -0.25) is 9.69 Å². The van der Waals surface area contributed by atoms with E-state index >= 15 is 0 Å². The molecule has 21 heavy (non-hydrogen) atoms. The van der Waals surface area contributed by atoms with Crippen LogP contribution in [0.4, 0.5) is 5.69 Å². The van der Waals surface area contributed by atoms with E-state index < -0.39 is 5.97 Å². The van der Waals surface area contributed by atoms with E-state index in [0.29, 0.717) is 11.7 Å². The quantitative estimate of drug-likeness (QED) is 0.862. The summed E-state index contributed by atoms with van der Waals surface area (Å²) in [7, 11) is 0. The van der Waals surface area contributed by atoms with E-state index in [0.717, 1.165) is 19.6 Å². The van der Waals surface area contributed by atoms with Crippen LogP contribution in [-0.2, 0) is 9.90 Å². The van der Waals surface area contributed by atoms with E-state index in [2.05, 4.69) is 22.5 Å². The maximum Gasteiger partial charge on any atom is 0.386 e. The number of nitrogens with one attached hydrogen (secondary N) is 2. The number of anilines is 1. The Balaban J connectivity index is 1.98. The van der Waals surface area contributed by atoms with Crippen LogP contribution in [0.15, 0.2) is 24.3 Å². The number of nitrogens with zero attached hydrogens (tertiary/aromatic N) is 1. The highest BCUT2D eigenvalue weighted by Crippen LogP contribution is 2.13. The third kappa shape index (κ3) is 3.80. The summed E-state index contributed by atoms with van der Waals surface area (Å²) < 4.78 is 0. The smallest absolute Gasteiger partial charge is 0.325 e. The largest absolute Gasteiger partial charge is 0.386 e. The van der Waals surface area contributed by atoms with Gasteiger partial charge in [-0.2, -0.15) is 0 Å². The highest BCUT2D eigenvalue weighted by Gasteiger charge is 2.27. The maximum atomic E-state index is 12.3. The van der Waals surface area contributed by atoms with Crippen molar-refractivity contribution in [2.75, 3.05) is 25.0 Å². The molecule has 6 nitrogen and oxygen atoms in total. The molecule has 1 saturated heterocycles. The van der Waals surface area contributed by atoms with E-state index in [1.54, 1.807) is 12.1 Å². The molecule has 1 aromatic rings.